The zero-order valence-electron chi connectivity index (χ0n) is 12.6. The number of nitrogens with zero attached hydrogens (tertiary/aromatic N) is 1. The Hall–Kier alpha value is -2.61. The van der Waals surface area contributed by atoms with E-state index in [2.05, 4.69) is 22.2 Å². The van der Waals surface area contributed by atoms with Crippen LogP contribution in [0.25, 0.3) is 0 Å². The van der Waals surface area contributed by atoms with Crippen molar-refractivity contribution in [1.82, 2.24) is 10.3 Å². The molecule has 7 nitrogen and oxygen atoms in total. The number of carbonyl (C=O) groups excluding carboxylic acids is 2. The maximum absolute atomic E-state index is 12.0. The van der Waals surface area contributed by atoms with Gasteiger partial charge in [-0.2, -0.15) is 0 Å². The summed E-state index contributed by atoms with van der Waals surface area (Å²) in [7, 11) is 0. The molecule has 0 saturated carbocycles. The third kappa shape index (κ3) is 4.96. The highest BCUT2D eigenvalue weighted by atomic mass is 32.1. The number of ether oxygens (including phenoxy) is 1. The van der Waals surface area contributed by atoms with Gasteiger partial charge in [0.1, 0.15) is 5.76 Å². The summed E-state index contributed by atoms with van der Waals surface area (Å²) >= 11 is 1.28. The van der Waals surface area contributed by atoms with Crippen LogP contribution < -0.4 is 10.6 Å². The Morgan fingerprint density at radius 2 is 2.39 bits per heavy atom. The van der Waals surface area contributed by atoms with Crippen molar-refractivity contribution in [1.29, 1.82) is 0 Å². The van der Waals surface area contributed by atoms with Crippen molar-refractivity contribution in [2.75, 3.05) is 11.9 Å². The van der Waals surface area contributed by atoms with Gasteiger partial charge in [0.2, 0.25) is 0 Å². The first-order valence-electron chi connectivity index (χ1n) is 6.91. The summed E-state index contributed by atoms with van der Waals surface area (Å²) in [4.78, 5) is 27.9. The number of thiazole rings is 1. The lowest BCUT2D eigenvalue weighted by molar-refractivity contribution is -0.129. The number of anilines is 1. The van der Waals surface area contributed by atoms with Gasteiger partial charge in [0, 0.05) is 11.9 Å². The van der Waals surface area contributed by atoms with E-state index in [0.717, 1.165) is 0 Å². The van der Waals surface area contributed by atoms with Crippen LogP contribution in [0.1, 0.15) is 23.2 Å². The summed E-state index contributed by atoms with van der Waals surface area (Å²) in [6, 6.07) is 3.47. The molecule has 0 unspecified atom stereocenters. The zero-order chi connectivity index (χ0) is 16.7. The van der Waals surface area contributed by atoms with Crippen LogP contribution in [0.15, 0.2) is 40.8 Å². The SMILES string of the molecule is C=CCNc1nc(C(=O)O[C@H](C)C(=O)NCc2ccco2)cs1. The van der Waals surface area contributed by atoms with Crippen molar-refractivity contribution in [3.8, 4) is 0 Å². The maximum Gasteiger partial charge on any atom is 0.358 e. The molecule has 2 aromatic heterocycles. The zero-order valence-corrected chi connectivity index (χ0v) is 13.4. The van der Waals surface area contributed by atoms with E-state index in [1.165, 1.54) is 24.5 Å². The molecule has 0 spiro atoms. The van der Waals surface area contributed by atoms with Gasteiger partial charge >= 0.3 is 5.97 Å². The number of esters is 1. The summed E-state index contributed by atoms with van der Waals surface area (Å²) in [5.41, 5.74) is 0.159. The third-order valence-corrected chi connectivity index (χ3v) is 3.58. The fourth-order valence-electron chi connectivity index (χ4n) is 1.61. The Morgan fingerprint density at radius 3 is 3.09 bits per heavy atom. The number of furan rings is 1. The summed E-state index contributed by atoms with van der Waals surface area (Å²) in [5.74, 6) is -0.433. The van der Waals surface area contributed by atoms with Crippen LogP contribution in [-0.4, -0.2) is 29.5 Å². The molecule has 0 aliphatic heterocycles. The molecular formula is C15H17N3O4S. The lowest BCUT2D eigenvalue weighted by atomic mass is 10.3. The molecule has 2 aromatic rings. The van der Waals surface area contributed by atoms with Crippen LogP contribution in [0.2, 0.25) is 0 Å². The molecule has 0 aliphatic rings. The van der Waals surface area contributed by atoms with Crippen LogP contribution in [0, 0.1) is 0 Å². The van der Waals surface area contributed by atoms with Gasteiger partial charge in [-0.25, -0.2) is 9.78 Å². The predicted octanol–water partition coefficient (Wildman–Crippen LogP) is 2.20. The van der Waals surface area contributed by atoms with Gasteiger partial charge < -0.3 is 19.8 Å². The minimum Gasteiger partial charge on any atom is -0.467 e. The molecule has 0 saturated heterocycles. The minimum absolute atomic E-state index is 0.159. The van der Waals surface area contributed by atoms with Gasteiger partial charge in [-0.05, 0) is 19.1 Å². The molecule has 2 heterocycles. The van der Waals surface area contributed by atoms with Crippen molar-refractivity contribution in [3.05, 3.63) is 47.9 Å². The lowest BCUT2D eigenvalue weighted by Crippen LogP contribution is -2.35. The van der Waals surface area contributed by atoms with Crippen molar-refractivity contribution in [2.45, 2.75) is 19.6 Å². The Bertz CT molecular complexity index is 666. The number of carbonyl (C=O) groups is 2. The molecule has 2 rings (SSSR count). The molecule has 0 aliphatic carbocycles. The standard InChI is InChI=1S/C15H17N3O4S/c1-3-6-16-15-18-12(9-23-15)14(20)22-10(2)13(19)17-8-11-5-4-7-21-11/h3-5,7,9-10H,1,6,8H2,2H3,(H,16,18)(H,17,19)/t10-/m1/s1. The molecule has 1 amide bonds. The predicted molar refractivity (Wildman–Crippen MR) is 86.2 cm³/mol. The number of nitrogens with one attached hydrogen (secondary N) is 2. The van der Waals surface area contributed by atoms with Crippen molar-refractivity contribution in [2.24, 2.45) is 0 Å². The molecule has 2 N–H and O–H groups in total. The smallest absolute Gasteiger partial charge is 0.358 e. The molecular weight excluding hydrogens is 318 g/mol. The highest BCUT2D eigenvalue weighted by molar-refractivity contribution is 7.13. The molecule has 0 radical (unpaired) electrons. The second-order valence-electron chi connectivity index (χ2n) is 4.55. The fraction of sp³-hybridized carbons (Fsp3) is 0.267. The van der Waals surface area contributed by atoms with Gasteiger partial charge in [0.25, 0.3) is 5.91 Å². The fourth-order valence-corrected chi connectivity index (χ4v) is 2.30. The van der Waals surface area contributed by atoms with Crippen LogP contribution >= 0.6 is 11.3 Å². The van der Waals surface area contributed by atoms with Crippen molar-refractivity contribution < 1.29 is 18.7 Å². The molecule has 122 valence electrons. The Labute approximate surface area is 137 Å². The second-order valence-corrected chi connectivity index (χ2v) is 5.41. The summed E-state index contributed by atoms with van der Waals surface area (Å²) in [5, 5.41) is 7.76. The number of amides is 1. The van der Waals surface area contributed by atoms with Crippen LogP contribution in [-0.2, 0) is 16.1 Å². The van der Waals surface area contributed by atoms with E-state index in [9.17, 15) is 9.59 Å². The molecule has 23 heavy (non-hydrogen) atoms. The second kappa shape index (κ2) is 8.14. The molecule has 0 fully saturated rings. The number of hydrogen-bond donors (Lipinski definition) is 2. The van der Waals surface area contributed by atoms with E-state index in [1.807, 2.05) is 0 Å². The van der Waals surface area contributed by atoms with E-state index in [0.29, 0.717) is 17.4 Å². The first-order valence-corrected chi connectivity index (χ1v) is 7.79. The summed E-state index contributed by atoms with van der Waals surface area (Å²) in [6.07, 6.45) is 2.28. The molecule has 0 aromatic carbocycles. The number of rotatable bonds is 8. The molecule has 1 atom stereocenters. The van der Waals surface area contributed by atoms with Crippen molar-refractivity contribution in [3.63, 3.8) is 0 Å². The quantitative estimate of drug-likeness (QED) is 0.567. The number of aromatic nitrogens is 1. The van der Waals surface area contributed by atoms with E-state index in [4.69, 9.17) is 9.15 Å². The summed E-state index contributed by atoms with van der Waals surface area (Å²) < 4.78 is 10.2. The first kappa shape index (κ1) is 16.8. The monoisotopic (exact) mass is 335 g/mol. The maximum atomic E-state index is 12.0. The molecule has 8 heteroatoms. The highest BCUT2D eigenvalue weighted by Crippen LogP contribution is 2.16. The van der Waals surface area contributed by atoms with E-state index in [1.54, 1.807) is 23.6 Å². The minimum atomic E-state index is -0.927. The van der Waals surface area contributed by atoms with Crippen LogP contribution in [0.5, 0.6) is 0 Å². The average molecular weight is 335 g/mol. The topological polar surface area (TPSA) is 93.5 Å². The lowest BCUT2D eigenvalue weighted by Gasteiger charge is -2.12. The largest absolute Gasteiger partial charge is 0.467 e. The van der Waals surface area contributed by atoms with Gasteiger partial charge in [-0.1, -0.05) is 6.08 Å². The number of hydrogen-bond acceptors (Lipinski definition) is 7. The highest BCUT2D eigenvalue weighted by Gasteiger charge is 2.20. The van der Waals surface area contributed by atoms with Gasteiger partial charge in [0.05, 0.1) is 12.8 Å². The Kier molecular flexibility index (Phi) is 5.93. The van der Waals surface area contributed by atoms with Gasteiger partial charge in [-0.3, -0.25) is 4.79 Å². The van der Waals surface area contributed by atoms with Crippen LogP contribution in [0.3, 0.4) is 0 Å². The van der Waals surface area contributed by atoms with Crippen molar-refractivity contribution >= 4 is 28.3 Å². The first-order chi connectivity index (χ1) is 11.1. The average Bonchev–Trinajstić information content (AvgIpc) is 3.21. The Morgan fingerprint density at radius 1 is 1.57 bits per heavy atom. The third-order valence-electron chi connectivity index (χ3n) is 2.78. The Balaban J connectivity index is 1.82. The normalized spacial score (nSPS) is 11.5. The van der Waals surface area contributed by atoms with E-state index < -0.39 is 18.0 Å². The van der Waals surface area contributed by atoms with E-state index in [-0.39, 0.29) is 12.2 Å². The van der Waals surface area contributed by atoms with Gasteiger partial charge in [-0.15, -0.1) is 17.9 Å². The van der Waals surface area contributed by atoms with E-state index >= 15 is 0 Å². The van der Waals surface area contributed by atoms with Crippen LogP contribution in [0.4, 0.5) is 5.13 Å². The summed E-state index contributed by atoms with van der Waals surface area (Å²) in [6.45, 7) is 5.87. The molecule has 0 bridgehead atoms. The van der Waals surface area contributed by atoms with Gasteiger partial charge in [0.15, 0.2) is 16.9 Å².